The van der Waals surface area contributed by atoms with Gasteiger partial charge in [0.05, 0.1) is 25.4 Å². The molecule has 1 rings (SSSR count). The van der Waals surface area contributed by atoms with Crippen molar-refractivity contribution in [2.24, 2.45) is 0 Å². The van der Waals surface area contributed by atoms with E-state index in [9.17, 15) is 30.3 Å². The Balaban J connectivity index is 2.31. The molecular weight excluding hydrogens is 815 g/mol. The molecule has 0 spiro atoms. The van der Waals surface area contributed by atoms with Crippen LogP contribution in [0.25, 0.3) is 0 Å². The van der Waals surface area contributed by atoms with Crippen LogP contribution in [0.2, 0.25) is 0 Å². The molecular formula is C56H103NO8. The zero-order chi connectivity index (χ0) is 47.3. The van der Waals surface area contributed by atoms with Gasteiger partial charge < -0.3 is 40.3 Å². The first-order chi connectivity index (χ1) is 31.8. The number of amides is 1. The molecule has 9 heteroatoms. The van der Waals surface area contributed by atoms with Gasteiger partial charge in [0.15, 0.2) is 6.29 Å². The Kier molecular flexibility index (Phi) is 43.2. The summed E-state index contributed by atoms with van der Waals surface area (Å²) in [5.41, 5.74) is 0. The van der Waals surface area contributed by atoms with Crippen LogP contribution < -0.4 is 5.32 Å². The van der Waals surface area contributed by atoms with Crippen LogP contribution in [-0.2, 0) is 14.3 Å². The largest absolute Gasteiger partial charge is 0.394 e. The molecule has 1 fully saturated rings. The Morgan fingerprint density at radius 3 is 1.29 bits per heavy atom. The van der Waals surface area contributed by atoms with E-state index in [1.807, 2.05) is 6.08 Å². The van der Waals surface area contributed by atoms with Crippen molar-refractivity contribution in [3.05, 3.63) is 48.6 Å². The first-order valence-corrected chi connectivity index (χ1v) is 27.4. The summed E-state index contributed by atoms with van der Waals surface area (Å²) in [5.74, 6) is -0.195. The van der Waals surface area contributed by atoms with Crippen molar-refractivity contribution in [2.45, 2.75) is 288 Å². The maximum absolute atomic E-state index is 13.0. The normalized spacial score (nSPS) is 20.3. The molecule has 1 aliphatic heterocycles. The summed E-state index contributed by atoms with van der Waals surface area (Å²) >= 11 is 0. The van der Waals surface area contributed by atoms with Gasteiger partial charge in [-0.15, -0.1) is 0 Å². The van der Waals surface area contributed by atoms with E-state index in [4.69, 9.17) is 9.47 Å². The van der Waals surface area contributed by atoms with Crippen LogP contribution in [-0.4, -0.2) is 87.5 Å². The van der Waals surface area contributed by atoms with Crippen molar-refractivity contribution >= 4 is 5.91 Å². The van der Waals surface area contributed by atoms with E-state index in [1.54, 1.807) is 6.08 Å². The summed E-state index contributed by atoms with van der Waals surface area (Å²) in [6.45, 7) is 3.77. The van der Waals surface area contributed by atoms with Gasteiger partial charge in [-0.2, -0.15) is 0 Å². The number of rotatable bonds is 46. The second-order valence-corrected chi connectivity index (χ2v) is 19.0. The molecule has 6 N–H and O–H groups in total. The third-order valence-electron chi connectivity index (χ3n) is 12.9. The molecule has 0 saturated carbocycles. The fraction of sp³-hybridized carbons (Fsp3) is 0.839. The molecule has 0 aliphatic carbocycles. The van der Waals surface area contributed by atoms with Crippen LogP contribution in [0.5, 0.6) is 0 Å². The van der Waals surface area contributed by atoms with Gasteiger partial charge in [-0.1, -0.05) is 217 Å². The topological polar surface area (TPSA) is 149 Å². The van der Waals surface area contributed by atoms with Gasteiger partial charge in [0.25, 0.3) is 0 Å². The molecule has 65 heavy (non-hydrogen) atoms. The second-order valence-electron chi connectivity index (χ2n) is 19.0. The fourth-order valence-corrected chi connectivity index (χ4v) is 8.48. The molecule has 1 amide bonds. The lowest BCUT2D eigenvalue weighted by molar-refractivity contribution is -0.302. The number of hydrogen-bond donors (Lipinski definition) is 6. The van der Waals surface area contributed by atoms with Crippen LogP contribution in [0.15, 0.2) is 48.6 Å². The lowest BCUT2D eigenvalue weighted by Crippen LogP contribution is -2.60. The van der Waals surface area contributed by atoms with E-state index in [1.165, 1.54) is 167 Å². The number of aliphatic hydroxyl groups is 5. The summed E-state index contributed by atoms with van der Waals surface area (Å²) in [5, 5.41) is 54.4. The Hall–Kier alpha value is -1.85. The third kappa shape index (κ3) is 35.9. The molecule has 9 nitrogen and oxygen atoms in total. The third-order valence-corrected chi connectivity index (χ3v) is 12.9. The van der Waals surface area contributed by atoms with Crippen molar-refractivity contribution < 1.29 is 39.8 Å². The average Bonchev–Trinajstić information content (AvgIpc) is 3.31. The molecule has 7 unspecified atom stereocenters. The molecule has 0 aromatic carbocycles. The molecule has 7 atom stereocenters. The number of unbranched alkanes of at least 4 members (excludes halogenated alkanes) is 30. The van der Waals surface area contributed by atoms with Gasteiger partial charge in [0.1, 0.15) is 24.4 Å². The van der Waals surface area contributed by atoms with Crippen molar-refractivity contribution in [3.63, 3.8) is 0 Å². The predicted octanol–water partition coefficient (Wildman–Crippen LogP) is 13.0. The van der Waals surface area contributed by atoms with E-state index in [2.05, 4.69) is 55.6 Å². The Labute approximate surface area is 399 Å². The summed E-state index contributed by atoms with van der Waals surface area (Å²) in [6.07, 6.45) is 53.1. The highest BCUT2D eigenvalue weighted by Gasteiger charge is 2.44. The van der Waals surface area contributed by atoms with Crippen molar-refractivity contribution in [1.29, 1.82) is 0 Å². The molecule has 0 radical (unpaired) electrons. The minimum Gasteiger partial charge on any atom is -0.394 e. The summed E-state index contributed by atoms with van der Waals surface area (Å²) in [6, 6.07) is -0.831. The Morgan fingerprint density at radius 2 is 0.877 bits per heavy atom. The lowest BCUT2D eigenvalue weighted by Gasteiger charge is -2.40. The van der Waals surface area contributed by atoms with Crippen LogP contribution in [0.4, 0.5) is 0 Å². The van der Waals surface area contributed by atoms with Crippen molar-refractivity contribution in [3.8, 4) is 0 Å². The lowest BCUT2D eigenvalue weighted by atomic mass is 9.99. The Bertz CT molecular complexity index is 1160. The summed E-state index contributed by atoms with van der Waals surface area (Å²) in [7, 11) is 0. The van der Waals surface area contributed by atoms with Gasteiger partial charge in [0, 0.05) is 6.42 Å². The first kappa shape index (κ1) is 61.2. The van der Waals surface area contributed by atoms with E-state index in [-0.39, 0.29) is 12.5 Å². The SMILES string of the molecule is CCCCCCCCC/C=C\CCCCCCCCCC(=O)NC(COC1OC(CO)C(O)C(O)C1O)C(O)/C=C/CC/C=C/CC/C=C/CCCCCCCCCCCCCCCC. The van der Waals surface area contributed by atoms with Gasteiger partial charge in [-0.25, -0.2) is 0 Å². The maximum atomic E-state index is 13.0. The Morgan fingerprint density at radius 1 is 0.508 bits per heavy atom. The highest BCUT2D eigenvalue weighted by Crippen LogP contribution is 2.23. The second kappa shape index (κ2) is 45.9. The minimum absolute atomic E-state index is 0.195. The van der Waals surface area contributed by atoms with Gasteiger partial charge in [-0.05, 0) is 70.6 Å². The van der Waals surface area contributed by atoms with Gasteiger partial charge in [-0.3, -0.25) is 4.79 Å². The zero-order valence-corrected chi connectivity index (χ0v) is 42.0. The van der Waals surface area contributed by atoms with Crippen LogP contribution >= 0.6 is 0 Å². The van der Waals surface area contributed by atoms with Gasteiger partial charge >= 0.3 is 0 Å². The molecule has 1 saturated heterocycles. The first-order valence-electron chi connectivity index (χ1n) is 27.4. The number of hydrogen-bond acceptors (Lipinski definition) is 8. The molecule has 1 aliphatic rings. The zero-order valence-electron chi connectivity index (χ0n) is 42.0. The van der Waals surface area contributed by atoms with E-state index in [0.29, 0.717) is 6.42 Å². The highest BCUT2D eigenvalue weighted by molar-refractivity contribution is 5.76. The molecule has 0 aromatic rings. The molecule has 1 heterocycles. The minimum atomic E-state index is -1.58. The smallest absolute Gasteiger partial charge is 0.220 e. The standard InChI is InChI=1S/C56H103NO8/c1-3-5-7-9-11-13-15-17-19-21-23-24-25-26-27-28-29-31-33-35-37-39-41-43-45-50(59)49(48-64-56-55(63)54(62)53(61)51(47-58)65-56)57-52(60)46-44-42-40-38-36-34-32-30-22-20-18-16-14-12-10-8-6-4-2/h20,22,28-29,35,37,43,45,49-51,53-56,58-59,61-63H,3-19,21,23-27,30-34,36,38-42,44,46-48H2,1-2H3,(H,57,60)/b22-20-,29-28+,37-35+,45-43+. The van der Waals surface area contributed by atoms with Crippen LogP contribution in [0.1, 0.15) is 245 Å². The monoisotopic (exact) mass is 918 g/mol. The van der Waals surface area contributed by atoms with E-state index < -0.39 is 49.5 Å². The number of carbonyl (C=O) groups excluding carboxylic acids is 1. The van der Waals surface area contributed by atoms with Crippen LogP contribution in [0, 0.1) is 0 Å². The molecule has 0 aromatic heterocycles. The summed E-state index contributed by atoms with van der Waals surface area (Å²) in [4.78, 5) is 13.0. The van der Waals surface area contributed by atoms with E-state index >= 15 is 0 Å². The van der Waals surface area contributed by atoms with Gasteiger partial charge in [0.2, 0.25) is 5.91 Å². The van der Waals surface area contributed by atoms with Crippen molar-refractivity contribution in [1.82, 2.24) is 5.32 Å². The highest BCUT2D eigenvalue weighted by atomic mass is 16.7. The number of nitrogens with one attached hydrogen (secondary N) is 1. The number of ether oxygens (including phenoxy) is 2. The average molecular weight is 918 g/mol. The molecule has 0 bridgehead atoms. The maximum Gasteiger partial charge on any atom is 0.220 e. The molecule has 380 valence electrons. The quantitative estimate of drug-likeness (QED) is 0.0261. The number of carbonyl (C=O) groups is 1. The van der Waals surface area contributed by atoms with Crippen molar-refractivity contribution in [2.75, 3.05) is 13.2 Å². The fourth-order valence-electron chi connectivity index (χ4n) is 8.48. The summed E-state index contributed by atoms with van der Waals surface area (Å²) < 4.78 is 11.2. The van der Waals surface area contributed by atoms with E-state index in [0.717, 1.165) is 57.8 Å². The number of allylic oxidation sites excluding steroid dienone is 7. The van der Waals surface area contributed by atoms with Crippen LogP contribution in [0.3, 0.4) is 0 Å². The predicted molar refractivity (Wildman–Crippen MR) is 272 cm³/mol. The number of aliphatic hydroxyl groups excluding tert-OH is 5.